The van der Waals surface area contributed by atoms with Crippen molar-refractivity contribution in [3.05, 3.63) is 58.6 Å². The molecule has 0 spiro atoms. The highest BCUT2D eigenvalue weighted by atomic mass is 79.9. The molecule has 1 amide bonds. The summed E-state index contributed by atoms with van der Waals surface area (Å²) in [6.07, 6.45) is 0. The molecule has 0 saturated heterocycles. The maximum absolute atomic E-state index is 13.5. The molecular formula is C14H11BrF2N2O3S. The van der Waals surface area contributed by atoms with E-state index in [0.717, 1.165) is 12.1 Å². The van der Waals surface area contributed by atoms with Crippen molar-refractivity contribution in [3.8, 4) is 0 Å². The molecule has 2 rings (SSSR count). The van der Waals surface area contributed by atoms with E-state index in [4.69, 9.17) is 0 Å². The molecule has 2 aromatic rings. The molecule has 5 nitrogen and oxygen atoms in total. The summed E-state index contributed by atoms with van der Waals surface area (Å²) in [6, 6.07) is 8.83. The lowest BCUT2D eigenvalue weighted by Gasteiger charge is -2.09. The Morgan fingerprint density at radius 2 is 1.83 bits per heavy atom. The third kappa shape index (κ3) is 4.57. The van der Waals surface area contributed by atoms with Crippen molar-refractivity contribution in [2.75, 3.05) is 11.9 Å². The van der Waals surface area contributed by atoms with Crippen LogP contribution in [0.3, 0.4) is 0 Å². The van der Waals surface area contributed by atoms with Gasteiger partial charge in [0.2, 0.25) is 15.9 Å². The number of nitrogens with one attached hydrogen (secondary N) is 2. The maximum Gasteiger partial charge on any atom is 0.243 e. The van der Waals surface area contributed by atoms with E-state index in [0.29, 0.717) is 16.2 Å². The lowest BCUT2D eigenvalue weighted by atomic mass is 10.3. The zero-order valence-corrected chi connectivity index (χ0v) is 13.9. The Labute approximate surface area is 139 Å². The van der Waals surface area contributed by atoms with Crippen LogP contribution in [0, 0.1) is 11.6 Å². The molecule has 122 valence electrons. The molecule has 0 atom stereocenters. The van der Waals surface area contributed by atoms with E-state index in [1.807, 2.05) is 4.72 Å². The van der Waals surface area contributed by atoms with Crippen LogP contribution in [0.5, 0.6) is 0 Å². The summed E-state index contributed by atoms with van der Waals surface area (Å²) in [5.41, 5.74) is 0.463. The molecule has 9 heteroatoms. The van der Waals surface area contributed by atoms with Gasteiger partial charge in [0.05, 0.1) is 12.2 Å². The van der Waals surface area contributed by atoms with Gasteiger partial charge in [0, 0.05) is 10.5 Å². The summed E-state index contributed by atoms with van der Waals surface area (Å²) in [7, 11) is -4.27. The van der Waals surface area contributed by atoms with Gasteiger partial charge in [0.25, 0.3) is 0 Å². The molecule has 0 aliphatic carbocycles. The van der Waals surface area contributed by atoms with Gasteiger partial charge in [0.15, 0.2) is 0 Å². The predicted octanol–water partition coefficient (Wildman–Crippen LogP) is 2.64. The normalized spacial score (nSPS) is 11.3. The number of carbonyl (C=O) groups is 1. The summed E-state index contributed by atoms with van der Waals surface area (Å²) in [4.78, 5) is 11.0. The number of halogens is 3. The first-order chi connectivity index (χ1) is 10.8. The molecule has 2 aromatic carbocycles. The molecule has 0 aliphatic heterocycles. The van der Waals surface area contributed by atoms with Crippen LogP contribution in [0.25, 0.3) is 0 Å². The fraction of sp³-hybridized carbons (Fsp3) is 0.0714. The van der Waals surface area contributed by atoms with Crippen LogP contribution >= 0.6 is 15.9 Å². The molecule has 2 N–H and O–H groups in total. The topological polar surface area (TPSA) is 75.3 Å². The molecule has 23 heavy (non-hydrogen) atoms. The average molecular weight is 405 g/mol. The Kier molecular flexibility index (Phi) is 5.45. The van der Waals surface area contributed by atoms with Crippen molar-refractivity contribution in [2.45, 2.75) is 4.90 Å². The third-order valence-electron chi connectivity index (χ3n) is 2.75. The number of carbonyl (C=O) groups excluding carboxylic acids is 1. The molecular weight excluding hydrogens is 394 g/mol. The lowest BCUT2D eigenvalue weighted by molar-refractivity contribution is -0.115. The van der Waals surface area contributed by atoms with Crippen LogP contribution < -0.4 is 10.0 Å². The lowest BCUT2D eigenvalue weighted by Crippen LogP contribution is -2.33. The van der Waals surface area contributed by atoms with Crippen LogP contribution in [-0.4, -0.2) is 20.9 Å². The van der Waals surface area contributed by atoms with Gasteiger partial charge in [0.1, 0.15) is 16.5 Å². The van der Waals surface area contributed by atoms with E-state index in [-0.39, 0.29) is 0 Å². The van der Waals surface area contributed by atoms with Gasteiger partial charge in [-0.2, -0.15) is 0 Å². The van der Waals surface area contributed by atoms with Crippen molar-refractivity contribution in [1.29, 1.82) is 0 Å². The van der Waals surface area contributed by atoms with E-state index in [2.05, 4.69) is 21.2 Å². The number of amides is 1. The van der Waals surface area contributed by atoms with Gasteiger partial charge < -0.3 is 5.32 Å². The molecule has 0 fully saturated rings. The number of hydrogen-bond donors (Lipinski definition) is 2. The zero-order valence-electron chi connectivity index (χ0n) is 11.5. The fourth-order valence-corrected chi connectivity index (χ4v) is 3.11. The third-order valence-corrected chi connectivity index (χ3v) is 4.88. The standard InChI is InChI=1S/C14H11BrF2N2O3S/c15-10-3-1-2-4-12(10)19-14(20)8-18-23(21,22)13-6-5-9(16)7-11(13)17/h1-7,18H,8H2,(H,19,20). The first-order valence-corrected chi connectivity index (χ1v) is 8.56. The summed E-state index contributed by atoms with van der Waals surface area (Å²) in [5.74, 6) is -2.76. The van der Waals surface area contributed by atoms with Crippen LogP contribution in [0.15, 0.2) is 51.8 Å². The number of benzene rings is 2. The van der Waals surface area contributed by atoms with Crippen molar-refractivity contribution in [1.82, 2.24) is 4.72 Å². The minimum atomic E-state index is -4.27. The van der Waals surface area contributed by atoms with Crippen molar-refractivity contribution < 1.29 is 22.0 Å². The van der Waals surface area contributed by atoms with Crippen LogP contribution in [0.1, 0.15) is 0 Å². The molecule has 0 saturated carbocycles. The Morgan fingerprint density at radius 3 is 2.48 bits per heavy atom. The van der Waals surface area contributed by atoms with Gasteiger partial charge in [-0.15, -0.1) is 0 Å². The Bertz CT molecular complexity index is 844. The highest BCUT2D eigenvalue weighted by Crippen LogP contribution is 2.21. The van der Waals surface area contributed by atoms with Crippen molar-refractivity contribution in [3.63, 3.8) is 0 Å². The molecule has 0 bridgehead atoms. The summed E-state index contributed by atoms with van der Waals surface area (Å²) < 4.78 is 52.7. The van der Waals surface area contributed by atoms with Crippen LogP contribution in [0.2, 0.25) is 0 Å². The van der Waals surface area contributed by atoms with Gasteiger partial charge in [-0.25, -0.2) is 21.9 Å². The number of sulfonamides is 1. The van der Waals surface area contributed by atoms with E-state index >= 15 is 0 Å². The van der Waals surface area contributed by atoms with Crippen molar-refractivity contribution >= 4 is 37.5 Å². The second kappa shape index (κ2) is 7.16. The van der Waals surface area contributed by atoms with E-state index in [1.165, 1.54) is 0 Å². The molecule has 0 aliphatic rings. The summed E-state index contributed by atoms with van der Waals surface area (Å²) in [6.45, 7) is -0.597. The minimum Gasteiger partial charge on any atom is -0.324 e. The Morgan fingerprint density at radius 1 is 1.13 bits per heavy atom. The zero-order chi connectivity index (χ0) is 17.0. The summed E-state index contributed by atoms with van der Waals surface area (Å²) >= 11 is 3.23. The van der Waals surface area contributed by atoms with E-state index in [1.54, 1.807) is 24.3 Å². The number of anilines is 1. The van der Waals surface area contributed by atoms with Crippen molar-refractivity contribution in [2.24, 2.45) is 0 Å². The van der Waals surface area contributed by atoms with E-state index < -0.39 is 39.0 Å². The molecule has 0 aromatic heterocycles. The quantitative estimate of drug-likeness (QED) is 0.804. The monoisotopic (exact) mass is 404 g/mol. The Hall–Kier alpha value is -1.84. The number of hydrogen-bond acceptors (Lipinski definition) is 3. The minimum absolute atomic E-state index is 0.454. The predicted molar refractivity (Wildman–Crippen MR) is 84.3 cm³/mol. The smallest absolute Gasteiger partial charge is 0.243 e. The number of rotatable bonds is 5. The molecule has 0 radical (unpaired) electrons. The average Bonchev–Trinajstić information content (AvgIpc) is 2.47. The highest BCUT2D eigenvalue weighted by Gasteiger charge is 2.20. The molecule has 0 heterocycles. The van der Waals surface area contributed by atoms with Crippen LogP contribution in [0.4, 0.5) is 14.5 Å². The van der Waals surface area contributed by atoms with E-state index in [9.17, 15) is 22.0 Å². The van der Waals surface area contributed by atoms with Gasteiger partial charge in [-0.1, -0.05) is 12.1 Å². The maximum atomic E-state index is 13.5. The van der Waals surface area contributed by atoms with Gasteiger partial charge >= 0.3 is 0 Å². The first kappa shape index (κ1) is 17.5. The fourth-order valence-electron chi connectivity index (χ4n) is 1.69. The van der Waals surface area contributed by atoms with Gasteiger partial charge in [-0.3, -0.25) is 4.79 Å². The SMILES string of the molecule is O=C(CNS(=O)(=O)c1ccc(F)cc1F)Nc1ccccc1Br. The van der Waals surface area contributed by atoms with Crippen LogP contribution in [-0.2, 0) is 14.8 Å². The highest BCUT2D eigenvalue weighted by molar-refractivity contribution is 9.10. The summed E-state index contributed by atoms with van der Waals surface area (Å²) in [5, 5.41) is 2.49. The second-order valence-electron chi connectivity index (χ2n) is 4.43. The second-order valence-corrected chi connectivity index (χ2v) is 7.02. The Balaban J connectivity index is 2.04. The number of para-hydroxylation sites is 1. The molecule has 0 unspecified atom stereocenters. The first-order valence-electron chi connectivity index (χ1n) is 6.29. The largest absolute Gasteiger partial charge is 0.324 e. The van der Waals surface area contributed by atoms with Gasteiger partial charge in [-0.05, 0) is 40.2 Å².